The number of benzene rings is 1. The molecule has 2 rings (SSSR count). The van der Waals surface area contributed by atoms with E-state index in [-0.39, 0.29) is 5.91 Å². The third-order valence-electron chi connectivity index (χ3n) is 2.96. The number of nitrogens with one attached hydrogen (secondary N) is 1. The first-order chi connectivity index (χ1) is 8.97. The Kier molecular flexibility index (Phi) is 3.51. The van der Waals surface area contributed by atoms with Crippen molar-refractivity contribution in [2.24, 2.45) is 0 Å². The second-order valence-corrected chi connectivity index (χ2v) is 4.65. The topological polar surface area (TPSA) is 68.0 Å². The zero-order valence-corrected chi connectivity index (χ0v) is 11.3. The molecule has 98 valence electrons. The van der Waals surface area contributed by atoms with Crippen molar-refractivity contribution >= 4 is 17.4 Å². The summed E-state index contributed by atoms with van der Waals surface area (Å²) in [5, 5.41) is 2.80. The molecule has 19 heavy (non-hydrogen) atoms. The van der Waals surface area contributed by atoms with E-state index >= 15 is 0 Å². The van der Waals surface area contributed by atoms with Crippen LogP contribution >= 0.6 is 0 Å². The number of pyridine rings is 1. The first-order valence-corrected chi connectivity index (χ1v) is 6.09. The number of amides is 1. The van der Waals surface area contributed by atoms with Crippen molar-refractivity contribution in [1.29, 1.82) is 0 Å². The van der Waals surface area contributed by atoms with Crippen molar-refractivity contribution in [3.63, 3.8) is 0 Å². The summed E-state index contributed by atoms with van der Waals surface area (Å²) in [6, 6.07) is 9.10. The molecule has 0 bridgehead atoms. The summed E-state index contributed by atoms with van der Waals surface area (Å²) >= 11 is 0. The van der Waals surface area contributed by atoms with Crippen LogP contribution < -0.4 is 11.1 Å². The summed E-state index contributed by atoms with van der Waals surface area (Å²) in [5.74, 6) is 0.367. The van der Waals surface area contributed by atoms with Crippen LogP contribution in [-0.2, 0) is 0 Å². The number of aryl methyl sites for hydroxylation is 2. The minimum absolute atomic E-state index is 0.192. The number of aromatic nitrogens is 1. The molecule has 4 heteroatoms. The molecular weight excluding hydrogens is 238 g/mol. The Balaban J connectivity index is 2.28. The Morgan fingerprint density at radius 1 is 1.21 bits per heavy atom. The van der Waals surface area contributed by atoms with E-state index < -0.39 is 0 Å². The maximum atomic E-state index is 12.2. The third kappa shape index (κ3) is 2.91. The monoisotopic (exact) mass is 255 g/mol. The molecule has 4 nitrogen and oxygen atoms in total. The van der Waals surface area contributed by atoms with Crippen LogP contribution in [0.2, 0.25) is 0 Å². The summed E-state index contributed by atoms with van der Waals surface area (Å²) in [5.41, 5.74) is 9.71. The molecule has 0 fully saturated rings. The van der Waals surface area contributed by atoms with Crippen molar-refractivity contribution in [2.75, 3.05) is 11.1 Å². The fraction of sp³-hybridized carbons (Fsp3) is 0.200. The smallest absolute Gasteiger partial charge is 0.257 e. The van der Waals surface area contributed by atoms with Gasteiger partial charge in [0.05, 0.1) is 0 Å². The fourth-order valence-corrected chi connectivity index (χ4v) is 1.99. The molecule has 1 aromatic heterocycles. The number of hydrogen-bond donors (Lipinski definition) is 2. The number of anilines is 2. The zero-order valence-electron chi connectivity index (χ0n) is 11.3. The third-order valence-corrected chi connectivity index (χ3v) is 2.96. The van der Waals surface area contributed by atoms with E-state index in [0.29, 0.717) is 17.1 Å². The normalized spacial score (nSPS) is 10.3. The summed E-state index contributed by atoms with van der Waals surface area (Å²) in [4.78, 5) is 16.5. The molecule has 0 saturated carbocycles. The lowest BCUT2D eigenvalue weighted by molar-refractivity contribution is 0.102. The lowest BCUT2D eigenvalue weighted by Gasteiger charge is -2.09. The van der Waals surface area contributed by atoms with Gasteiger partial charge in [-0.2, -0.15) is 0 Å². The van der Waals surface area contributed by atoms with E-state index in [9.17, 15) is 4.79 Å². The predicted molar refractivity (Wildman–Crippen MR) is 77.3 cm³/mol. The number of nitrogen functional groups attached to an aromatic ring is 1. The van der Waals surface area contributed by atoms with Gasteiger partial charge >= 0.3 is 0 Å². The zero-order chi connectivity index (χ0) is 14.0. The maximum absolute atomic E-state index is 12.2. The molecular formula is C15H17N3O. The van der Waals surface area contributed by atoms with Crippen molar-refractivity contribution in [1.82, 2.24) is 4.98 Å². The molecule has 1 heterocycles. The van der Waals surface area contributed by atoms with Crippen LogP contribution in [0, 0.1) is 20.8 Å². The SMILES string of the molecule is Cc1cc(C)nc(NC(=O)c2cccc(N)c2C)c1. The summed E-state index contributed by atoms with van der Waals surface area (Å²) in [6.45, 7) is 5.70. The van der Waals surface area contributed by atoms with Crippen molar-refractivity contribution < 1.29 is 4.79 Å². The van der Waals surface area contributed by atoms with Crippen LogP contribution in [0.4, 0.5) is 11.5 Å². The average Bonchev–Trinajstić information content (AvgIpc) is 2.31. The van der Waals surface area contributed by atoms with E-state index in [0.717, 1.165) is 16.8 Å². The van der Waals surface area contributed by atoms with Gasteiger partial charge in [-0.1, -0.05) is 6.07 Å². The van der Waals surface area contributed by atoms with Gasteiger partial charge in [0.2, 0.25) is 0 Å². The summed E-state index contributed by atoms with van der Waals surface area (Å²) < 4.78 is 0. The van der Waals surface area contributed by atoms with Gasteiger partial charge in [-0.25, -0.2) is 4.98 Å². The van der Waals surface area contributed by atoms with E-state index in [2.05, 4.69) is 10.3 Å². The van der Waals surface area contributed by atoms with Crippen LogP contribution in [0.25, 0.3) is 0 Å². The van der Waals surface area contributed by atoms with E-state index in [1.54, 1.807) is 18.2 Å². The van der Waals surface area contributed by atoms with Crippen molar-refractivity contribution in [3.05, 3.63) is 52.7 Å². The molecule has 1 amide bonds. The highest BCUT2D eigenvalue weighted by molar-refractivity contribution is 6.05. The molecule has 0 aliphatic heterocycles. The number of rotatable bonds is 2. The predicted octanol–water partition coefficient (Wildman–Crippen LogP) is 2.84. The molecule has 1 aromatic carbocycles. The lowest BCUT2D eigenvalue weighted by Crippen LogP contribution is -2.15. The van der Waals surface area contributed by atoms with Gasteiger partial charge in [0.1, 0.15) is 5.82 Å². The van der Waals surface area contributed by atoms with Crippen LogP contribution in [0.3, 0.4) is 0 Å². The molecule has 0 aliphatic carbocycles. The van der Waals surface area contributed by atoms with Crippen LogP contribution in [-0.4, -0.2) is 10.9 Å². The number of nitrogens with two attached hydrogens (primary N) is 1. The Labute approximate surface area is 112 Å². The van der Waals surface area contributed by atoms with E-state index in [1.807, 2.05) is 32.9 Å². The highest BCUT2D eigenvalue weighted by atomic mass is 16.1. The number of nitrogens with zero attached hydrogens (tertiary/aromatic N) is 1. The molecule has 0 saturated heterocycles. The molecule has 0 unspecified atom stereocenters. The van der Waals surface area contributed by atoms with Gasteiger partial charge in [0.25, 0.3) is 5.91 Å². The fourth-order valence-electron chi connectivity index (χ4n) is 1.99. The molecule has 3 N–H and O–H groups in total. The average molecular weight is 255 g/mol. The lowest BCUT2D eigenvalue weighted by atomic mass is 10.1. The van der Waals surface area contributed by atoms with Crippen molar-refractivity contribution in [2.45, 2.75) is 20.8 Å². The quantitative estimate of drug-likeness (QED) is 0.811. The standard InChI is InChI=1S/C15H17N3O/c1-9-7-10(2)17-14(8-9)18-15(19)12-5-4-6-13(16)11(12)3/h4-8H,16H2,1-3H3,(H,17,18,19). The summed E-state index contributed by atoms with van der Waals surface area (Å²) in [6.07, 6.45) is 0. The van der Waals surface area contributed by atoms with Gasteiger partial charge in [-0.15, -0.1) is 0 Å². The molecule has 0 aliphatic rings. The van der Waals surface area contributed by atoms with Gasteiger partial charge in [0, 0.05) is 16.9 Å². The Morgan fingerprint density at radius 2 is 1.95 bits per heavy atom. The van der Waals surface area contributed by atoms with Gasteiger partial charge in [-0.05, 0) is 56.2 Å². The highest BCUT2D eigenvalue weighted by Gasteiger charge is 2.11. The summed E-state index contributed by atoms with van der Waals surface area (Å²) in [7, 11) is 0. The van der Waals surface area contributed by atoms with Crippen LogP contribution in [0.15, 0.2) is 30.3 Å². The van der Waals surface area contributed by atoms with Gasteiger partial charge < -0.3 is 11.1 Å². The maximum Gasteiger partial charge on any atom is 0.257 e. The first-order valence-electron chi connectivity index (χ1n) is 6.09. The first kappa shape index (κ1) is 13.1. The molecule has 2 aromatic rings. The van der Waals surface area contributed by atoms with Gasteiger partial charge in [-0.3, -0.25) is 4.79 Å². The second kappa shape index (κ2) is 5.10. The highest BCUT2D eigenvalue weighted by Crippen LogP contribution is 2.17. The minimum atomic E-state index is -0.192. The number of hydrogen-bond acceptors (Lipinski definition) is 3. The number of carbonyl (C=O) groups excluding carboxylic acids is 1. The Bertz CT molecular complexity index is 615. The molecule has 0 radical (unpaired) electrons. The van der Waals surface area contributed by atoms with E-state index in [4.69, 9.17) is 5.73 Å². The molecule has 0 spiro atoms. The second-order valence-electron chi connectivity index (χ2n) is 4.65. The Morgan fingerprint density at radius 3 is 2.63 bits per heavy atom. The van der Waals surface area contributed by atoms with E-state index in [1.165, 1.54) is 0 Å². The van der Waals surface area contributed by atoms with Gasteiger partial charge in [0.15, 0.2) is 0 Å². The van der Waals surface area contributed by atoms with Crippen molar-refractivity contribution in [3.8, 4) is 0 Å². The number of carbonyl (C=O) groups is 1. The molecule has 0 atom stereocenters. The van der Waals surface area contributed by atoms with Crippen LogP contribution in [0.5, 0.6) is 0 Å². The largest absolute Gasteiger partial charge is 0.398 e. The van der Waals surface area contributed by atoms with Crippen LogP contribution in [0.1, 0.15) is 27.2 Å². The Hall–Kier alpha value is -2.36. The minimum Gasteiger partial charge on any atom is -0.398 e.